The van der Waals surface area contributed by atoms with Gasteiger partial charge >= 0.3 is 0 Å². The molecule has 1 aliphatic heterocycles. The number of rotatable bonds is 2. The van der Waals surface area contributed by atoms with E-state index >= 15 is 0 Å². The van der Waals surface area contributed by atoms with Gasteiger partial charge in [-0.15, -0.1) is 6.58 Å². The Bertz CT molecular complexity index is 207. The molecule has 4 N–H and O–H groups in total. The Labute approximate surface area is 96.8 Å². The normalized spacial score (nSPS) is 20.8. The number of carbonyl (C=O) groups is 1. The number of aliphatic hydroxyl groups is 1. The number of primary amides is 1. The average molecular weight is 253 g/mol. The number of carbonyl (C=O) groups excluding carboxylic acids is 1. The molecule has 2 atom stereocenters. The Hall–Kier alpha value is -0.800. The summed E-state index contributed by atoms with van der Waals surface area (Å²) >= 11 is -1.93. The molecule has 0 bridgehead atoms. The van der Waals surface area contributed by atoms with E-state index in [0.29, 0.717) is 13.0 Å². The third-order valence-corrected chi connectivity index (χ3v) is 1.96. The van der Waals surface area contributed by atoms with Crippen LogP contribution in [-0.4, -0.2) is 49.1 Å². The predicted octanol–water partition coefficient (Wildman–Crippen LogP) is -1.06. The van der Waals surface area contributed by atoms with E-state index in [4.69, 9.17) is 15.1 Å². The van der Waals surface area contributed by atoms with Crippen molar-refractivity contribution in [1.82, 2.24) is 5.06 Å². The van der Waals surface area contributed by atoms with Crippen molar-refractivity contribution in [2.24, 2.45) is 5.73 Å². The Kier molecular flexibility index (Phi) is 13.5. The molecule has 96 valence electrons. The lowest BCUT2D eigenvalue weighted by atomic mass is 10.4. The summed E-state index contributed by atoms with van der Waals surface area (Å²) in [5.41, 5.74) is 4.17. The number of hydrogen-bond acceptors (Lipinski definition) is 6. The predicted molar refractivity (Wildman–Crippen MR) is 58.0 cm³/mol. The summed E-state index contributed by atoms with van der Waals surface area (Å²) in [5, 5.41) is 18.2. The van der Waals surface area contributed by atoms with Crippen molar-refractivity contribution < 1.29 is 23.9 Å². The fourth-order valence-electron chi connectivity index (χ4n) is 0.830. The molecule has 16 heavy (non-hydrogen) atoms. The molecule has 7 nitrogen and oxygen atoms in total. The van der Waals surface area contributed by atoms with Crippen LogP contribution in [0.2, 0.25) is 0 Å². The van der Waals surface area contributed by atoms with Crippen LogP contribution in [0.25, 0.3) is 0 Å². The van der Waals surface area contributed by atoms with Crippen LogP contribution in [-0.2, 0) is 15.9 Å². The van der Waals surface area contributed by atoms with Crippen molar-refractivity contribution in [2.45, 2.75) is 19.1 Å². The Balaban J connectivity index is 0. The van der Waals surface area contributed by atoms with Crippen LogP contribution in [0.5, 0.6) is 0 Å². The number of hydrogen-bond donors (Lipinski definition) is 3. The molecule has 0 aromatic rings. The molecule has 1 aliphatic rings. The van der Waals surface area contributed by atoms with Gasteiger partial charge < -0.3 is 20.6 Å². The van der Waals surface area contributed by atoms with Crippen molar-refractivity contribution in [3.8, 4) is 0 Å². The Morgan fingerprint density at radius 1 is 1.69 bits per heavy atom. The van der Waals surface area contributed by atoms with Gasteiger partial charge in [-0.2, -0.15) is 5.06 Å². The summed E-state index contributed by atoms with van der Waals surface area (Å²) < 4.78 is 19.1. The first-order valence-corrected chi connectivity index (χ1v) is 5.69. The van der Waals surface area contributed by atoms with Gasteiger partial charge in [0, 0.05) is 12.3 Å². The molecule has 1 unspecified atom stereocenters. The van der Waals surface area contributed by atoms with Gasteiger partial charge in [-0.3, -0.25) is 9.00 Å². The van der Waals surface area contributed by atoms with Crippen LogP contribution in [0.15, 0.2) is 12.7 Å². The summed E-state index contributed by atoms with van der Waals surface area (Å²) in [6.07, 6.45) is 2.59. The zero-order valence-electron chi connectivity index (χ0n) is 8.82. The van der Waals surface area contributed by atoms with E-state index in [9.17, 15) is 8.76 Å². The zero-order chi connectivity index (χ0) is 13.0. The smallest absolute Gasteiger partial charge is 0.204 e. The highest BCUT2D eigenvalue weighted by Gasteiger charge is 2.18. The van der Waals surface area contributed by atoms with Gasteiger partial charge in [0.2, 0.25) is 6.41 Å². The minimum Gasteiger partial charge on any atom is -0.772 e. The molecule has 1 saturated heterocycles. The second-order valence-corrected chi connectivity index (χ2v) is 3.62. The largest absolute Gasteiger partial charge is 0.772 e. The maximum absolute atomic E-state index is 9.53. The number of hydroxylamine groups is 2. The van der Waals surface area contributed by atoms with Crippen LogP contribution in [0.4, 0.5) is 0 Å². The van der Waals surface area contributed by atoms with Gasteiger partial charge in [0.05, 0.1) is 0 Å². The fourth-order valence-corrected chi connectivity index (χ4v) is 1.02. The molecule has 0 spiro atoms. The molecule has 0 radical (unpaired) electrons. The minimum atomic E-state index is -1.93. The molecule has 0 aromatic heterocycles. The molecule has 1 heterocycles. The van der Waals surface area contributed by atoms with E-state index in [1.807, 2.05) is 0 Å². The first kappa shape index (κ1) is 17.6. The number of nitrogens with zero attached hydrogens (tertiary/aromatic N) is 1. The first-order valence-electron chi connectivity index (χ1n) is 4.45. The highest BCUT2D eigenvalue weighted by Crippen LogP contribution is 2.09. The minimum absolute atomic E-state index is 0.0556. The molecule has 1 rings (SSSR count). The van der Waals surface area contributed by atoms with Crippen LogP contribution in [0, 0.1) is 0 Å². The second kappa shape index (κ2) is 12.3. The highest BCUT2D eigenvalue weighted by molar-refractivity contribution is 7.79. The lowest BCUT2D eigenvalue weighted by Gasteiger charge is -2.08. The number of amides is 1. The molecule has 0 aromatic carbocycles. The summed E-state index contributed by atoms with van der Waals surface area (Å²) in [6, 6.07) is 0. The monoisotopic (exact) mass is 253 g/mol. The van der Waals surface area contributed by atoms with Crippen molar-refractivity contribution in [3.05, 3.63) is 12.7 Å². The van der Waals surface area contributed by atoms with E-state index < -0.39 is 17.3 Å². The van der Waals surface area contributed by atoms with Gasteiger partial charge in [0.15, 0.2) is 0 Å². The number of aliphatic hydroxyl groups excluding tert-OH is 1. The average Bonchev–Trinajstić information content (AvgIpc) is 2.53. The van der Waals surface area contributed by atoms with Crippen molar-refractivity contribution in [1.29, 1.82) is 0 Å². The molecular weight excluding hydrogens is 236 g/mol. The number of nitrogens with two attached hydrogens (primary N) is 1. The summed E-state index contributed by atoms with van der Waals surface area (Å²) in [7, 11) is 0. The Morgan fingerprint density at radius 2 is 2.19 bits per heavy atom. The molecular formula is C8H17N2O5S-. The van der Waals surface area contributed by atoms with Crippen molar-refractivity contribution in [2.75, 3.05) is 12.3 Å². The van der Waals surface area contributed by atoms with Gasteiger partial charge in [-0.05, 0) is 12.8 Å². The van der Waals surface area contributed by atoms with E-state index in [0.717, 1.165) is 11.5 Å². The SMILES string of the molecule is C=CCS(=O)[O-].NC=O.O[C@H]1CCCN1O. The van der Waals surface area contributed by atoms with Gasteiger partial charge in [-0.1, -0.05) is 17.2 Å². The van der Waals surface area contributed by atoms with E-state index in [1.165, 1.54) is 6.08 Å². The molecule has 1 amide bonds. The van der Waals surface area contributed by atoms with Gasteiger partial charge in [0.1, 0.15) is 6.23 Å². The Morgan fingerprint density at radius 3 is 2.25 bits per heavy atom. The fraction of sp³-hybridized carbons (Fsp3) is 0.625. The maximum Gasteiger partial charge on any atom is 0.204 e. The maximum atomic E-state index is 9.53. The quantitative estimate of drug-likeness (QED) is 0.327. The van der Waals surface area contributed by atoms with Crippen molar-refractivity contribution in [3.63, 3.8) is 0 Å². The summed E-state index contributed by atoms with van der Waals surface area (Å²) in [5.74, 6) is 0.0556. The lowest BCUT2D eigenvalue weighted by molar-refractivity contribution is -0.170. The van der Waals surface area contributed by atoms with E-state index in [1.54, 1.807) is 0 Å². The standard InChI is InChI=1S/C4H9NO2.C3H6O2S.CH3NO/c6-4-2-1-3-5(4)7;1-2-3-6(4)5;2-1-3/h4,6-7H,1-3H2;2H,1,3H2,(H,4,5);1H,(H2,2,3)/p-1/t4-;;/m0../s1. The topological polar surface area (TPSA) is 127 Å². The van der Waals surface area contributed by atoms with Crippen LogP contribution in [0.3, 0.4) is 0 Å². The van der Waals surface area contributed by atoms with Gasteiger partial charge in [-0.25, -0.2) is 0 Å². The van der Waals surface area contributed by atoms with E-state index in [-0.39, 0.29) is 12.2 Å². The second-order valence-electron chi connectivity index (χ2n) is 2.68. The summed E-state index contributed by atoms with van der Waals surface area (Å²) in [6.45, 7) is 3.82. The molecule has 0 saturated carbocycles. The van der Waals surface area contributed by atoms with Gasteiger partial charge in [0.25, 0.3) is 0 Å². The third-order valence-electron chi connectivity index (χ3n) is 1.45. The highest BCUT2D eigenvalue weighted by atomic mass is 32.2. The summed E-state index contributed by atoms with van der Waals surface area (Å²) in [4.78, 5) is 8.58. The molecule has 0 aliphatic carbocycles. The zero-order valence-corrected chi connectivity index (χ0v) is 9.64. The van der Waals surface area contributed by atoms with Crippen LogP contribution < -0.4 is 5.73 Å². The lowest BCUT2D eigenvalue weighted by Crippen LogP contribution is -2.24. The molecule has 8 heteroatoms. The third kappa shape index (κ3) is 13.2. The van der Waals surface area contributed by atoms with Crippen molar-refractivity contribution >= 4 is 17.5 Å². The first-order chi connectivity index (χ1) is 7.49. The van der Waals surface area contributed by atoms with Crippen LogP contribution in [0.1, 0.15) is 12.8 Å². The van der Waals surface area contributed by atoms with E-state index in [2.05, 4.69) is 12.3 Å². The van der Waals surface area contributed by atoms with Crippen LogP contribution >= 0.6 is 0 Å². The molecule has 1 fully saturated rings.